The Morgan fingerprint density at radius 2 is 1.93 bits per heavy atom. The van der Waals surface area contributed by atoms with Crippen LogP contribution in [0.2, 0.25) is 5.02 Å². The quantitative estimate of drug-likeness (QED) is 0.756. The molecule has 0 aromatic heterocycles. The third-order valence-corrected chi connectivity index (χ3v) is 4.33. The first kappa shape index (κ1) is 18.8. The van der Waals surface area contributed by atoms with Gasteiger partial charge < -0.3 is 20.1 Å². The van der Waals surface area contributed by atoms with E-state index >= 15 is 0 Å². The first-order valence-corrected chi connectivity index (χ1v) is 8.82. The number of benzene rings is 2. The van der Waals surface area contributed by atoms with Crippen molar-refractivity contribution in [3.05, 3.63) is 71.4 Å². The van der Waals surface area contributed by atoms with Crippen LogP contribution in [0.25, 0.3) is 0 Å². The van der Waals surface area contributed by atoms with Gasteiger partial charge in [-0.1, -0.05) is 30.3 Å². The van der Waals surface area contributed by atoms with Gasteiger partial charge in [-0.15, -0.1) is 0 Å². The number of carbonyl (C=O) groups excluding carboxylic acids is 2. The van der Waals surface area contributed by atoms with Crippen molar-refractivity contribution in [1.82, 2.24) is 10.6 Å². The van der Waals surface area contributed by atoms with Crippen LogP contribution < -0.4 is 15.4 Å². The number of carbonyl (C=O) groups is 2. The molecule has 1 fully saturated rings. The van der Waals surface area contributed by atoms with Crippen molar-refractivity contribution < 1.29 is 19.1 Å². The number of rotatable bonds is 5. The molecule has 6 nitrogen and oxygen atoms in total. The van der Waals surface area contributed by atoms with Crippen molar-refractivity contribution >= 4 is 23.6 Å². The molecule has 2 N–H and O–H groups in total. The Morgan fingerprint density at radius 1 is 1.19 bits per heavy atom. The summed E-state index contributed by atoms with van der Waals surface area (Å²) in [5.41, 5.74) is 1.00. The van der Waals surface area contributed by atoms with Gasteiger partial charge in [-0.25, -0.2) is 4.79 Å². The molecule has 0 spiro atoms. The Morgan fingerprint density at radius 3 is 2.63 bits per heavy atom. The Labute approximate surface area is 162 Å². The van der Waals surface area contributed by atoms with Crippen LogP contribution in [0.1, 0.15) is 18.5 Å². The lowest BCUT2D eigenvalue weighted by atomic mass is 9.89. The van der Waals surface area contributed by atoms with Crippen molar-refractivity contribution in [3.63, 3.8) is 0 Å². The van der Waals surface area contributed by atoms with Crippen LogP contribution in [0.5, 0.6) is 11.5 Å². The highest BCUT2D eigenvalue weighted by molar-refractivity contribution is 6.30. The largest absolute Gasteiger partial charge is 0.465 e. The lowest BCUT2D eigenvalue weighted by Crippen LogP contribution is -2.51. The monoisotopic (exact) mass is 386 g/mol. The van der Waals surface area contributed by atoms with Crippen LogP contribution in [0.4, 0.5) is 4.79 Å². The van der Waals surface area contributed by atoms with E-state index in [0.29, 0.717) is 27.8 Å². The Balaban J connectivity index is 1.88. The predicted octanol–water partition coefficient (Wildman–Crippen LogP) is 4.18. The van der Waals surface area contributed by atoms with E-state index in [9.17, 15) is 9.59 Å². The summed E-state index contributed by atoms with van der Waals surface area (Å²) in [6.45, 7) is 5.77. The number of hydrogen-bond donors (Lipinski definition) is 2. The number of halogens is 1. The Kier molecular flexibility index (Phi) is 5.66. The van der Waals surface area contributed by atoms with Gasteiger partial charge in [0, 0.05) is 10.7 Å². The highest BCUT2D eigenvalue weighted by Gasteiger charge is 2.38. The van der Waals surface area contributed by atoms with Gasteiger partial charge in [-0.05, 0) is 48.9 Å². The average Bonchev–Trinajstić information content (AvgIpc) is 2.63. The highest BCUT2D eigenvalue weighted by atomic mass is 35.5. The van der Waals surface area contributed by atoms with Gasteiger partial charge in [0.1, 0.15) is 17.4 Å². The van der Waals surface area contributed by atoms with Gasteiger partial charge in [0.05, 0.1) is 12.6 Å². The summed E-state index contributed by atoms with van der Waals surface area (Å²) < 4.78 is 11.0. The molecule has 0 unspecified atom stereocenters. The summed E-state index contributed by atoms with van der Waals surface area (Å²) in [5.74, 6) is -0.00877. The van der Waals surface area contributed by atoms with Gasteiger partial charge in [0.2, 0.25) is 0 Å². The number of esters is 1. The third kappa shape index (κ3) is 4.41. The number of hydrogen-bond acceptors (Lipinski definition) is 4. The van der Waals surface area contributed by atoms with E-state index in [1.165, 1.54) is 0 Å². The van der Waals surface area contributed by atoms with Crippen LogP contribution in [-0.4, -0.2) is 18.6 Å². The fourth-order valence-corrected chi connectivity index (χ4v) is 3.01. The standard InChI is InChI=1S/C20H19ClN2O4/c1-3-26-19(24)17-12(2)22-20(25)23-18(17)13-5-4-6-16(11-13)27-15-9-7-14(21)8-10-15/h4-11,17-18H,2-3H2,1H3,(H2,22,23,25)/t17-,18+/m1/s1. The highest BCUT2D eigenvalue weighted by Crippen LogP contribution is 2.33. The zero-order chi connectivity index (χ0) is 19.4. The topological polar surface area (TPSA) is 76.7 Å². The molecule has 2 atom stereocenters. The summed E-state index contributed by atoms with van der Waals surface area (Å²) in [6.07, 6.45) is 0. The molecule has 1 aliphatic rings. The lowest BCUT2D eigenvalue weighted by Gasteiger charge is -2.33. The predicted molar refractivity (Wildman–Crippen MR) is 102 cm³/mol. The van der Waals surface area contributed by atoms with Gasteiger partial charge >= 0.3 is 12.0 Å². The summed E-state index contributed by atoms with van der Waals surface area (Å²) in [5, 5.41) is 5.92. The fraction of sp³-hybridized carbons (Fsp3) is 0.200. The van der Waals surface area contributed by atoms with E-state index in [-0.39, 0.29) is 6.61 Å². The van der Waals surface area contributed by atoms with Crippen molar-refractivity contribution in [2.24, 2.45) is 5.92 Å². The second kappa shape index (κ2) is 8.14. The average molecular weight is 387 g/mol. The maximum absolute atomic E-state index is 12.4. The number of nitrogens with one attached hydrogen (secondary N) is 2. The SMILES string of the molecule is C=C1NC(=O)N[C@@H](c2cccc(Oc3ccc(Cl)cc3)c2)[C@@H]1C(=O)OCC. The molecule has 0 radical (unpaired) electrons. The molecule has 0 bridgehead atoms. The minimum atomic E-state index is -0.742. The van der Waals surface area contributed by atoms with Crippen LogP contribution in [-0.2, 0) is 9.53 Å². The third-order valence-electron chi connectivity index (χ3n) is 4.08. The van der Waals surface area contributed by atoms with E-state index in [2.05, 4.69) is 17.2 Å². The molecule has 1 saturated heterocycles. The van der Waals surface area contributed by atoms with Crippen molar-refractivity contribution in [2.45, 2.75) is 13.0 Å². The number of urea groups is 1. The zero-order valence-electron chi connectivity index (χ0n) is 14.7. The molecule has 0 saturated carbocycles. The maximum Gasteiger partial charge on any atom is 0.319 e. The minimum Gasteiger partial charge on any atom is -0.465 e. The lowest BCUT2D eigenvalue weighted by molar-refractivity contribution is -0.147. The second-order valence-electron chi connectivity index (χ2n) is 5.96. The molecule has 2 aromatic carbocycles. The smallest absolute Gasteiger partial charge is 0.319 e. The minimum absolute atomic E-state index is 0.239. The van der Waals surface area contributed by atoms with E-state index in [1.807, 2.05) is 6.07 Å². The summed E-state index contributed by atoms with van der Waals surface area (Å²) in [6, 6.07) is 13.1. The van der Waals surface area contributed by atoms with Crippen molar-refractivity contribution in [2.75, 3.05) is 6.61 Å². The molecule has 1 heterocycles. The first-order valence-electron chi connectivity index (χ1n) is 8.44. The van der Waals surface area contributed by atoms with Crippen LogP contribution in [0, 0.1) is 5.92 Å². The first-order chi connectivity index (χ1) is 13.0. The molecule has 2 aromatic rings. The van der Waals surface area contributed by atoms with Crippen molar-refractivity contribution in [1.29, 1.82) is 0 Å². The van der Waals surface area contributed by atoms with Crippen LogP contribution in [0.15, 0.2) is 60.8 Å². The van der Waals surface area contributed by atoms with E-state index in [0.717, 1.165) is 0 Å². The van der Waals surface area contributed by atoms with E-state index < -0.39 is 24.0 Å². The van der Waals surface area contributed by atoms with E-state index in [4.69, 9.17) is 21.1 Å². The molecule has 1 aliphatic heterocycles. The molecule has 3 rings (SSSR count). The van der Waals surface area contributed by atoms with Gasteiger partial charge in [-0.3, -0.25) is 4.79 Å². The van der Waals surface area contributed by atoms with Gasteiger partial charge in [0.15, 0.2) is 0 Å². The van der Waals surface area contributed by atoms with Gasteiger partial charge in [0.25, 0.3) is 0 Å². The second-order valence-corrected chi connectivity index (χ2v) is 6.40. The molecule has 27 heavy (non-hydrogen) atoms. The molecule has 7 heteroatoms. The molecular formula is C20H19ClN2O4. The summed E-state index contributed by atoms with van der Waals surface area (Å²) in [4.78, 5) is 24.3. The Hall–Kier alpha value is -2.99. The van der Waals surface area contributed by atoms with E-state index in [1.54, 1.807) is 49.4 Å². The molecule has 0 aliphatic carbocycles. The Bertz CT molecular complexity index is 867. The van der Waals surface area contributed by atoms with Crippen LogP contribution in [0.3, 0.4) is 0 Å². The molecule has 2 amide bonds. The van der Waals surface area contributed by atoms with Crippen LogP contribution >= 0.6 is 11.6 Å². The van der Waals surface area contributed by atoms with Gasteiger partial charge in [-0.2, -0.15) is 0 Å². The summed E-state index contributed by atoms with van der Waals surface area (Å²) in [7, 11) is 0. The molecule has 140 valence electrons. The fourth-order valence-electron chi connectivity index (χ4n) is 2.88. The number of ether oxygens (including phenoxy) is 2. The molecular weight excluding hydrogens is 368 g/mol. The maximum atomic E-state index is 12.4. The normalized spacial score (nSPS) is 19.0. The zero-order valence-corrected chi connectivity index (χ0v) is 15.5. The van der Waals surface area contributed by atoms with Crippen molar-refractivity contribution in [3.8, 4) is 11.5 Å². The summed E-state index contributed by atoms with van der Waals surface area (Å²) >= 11 is 5.89. The number of amides is 2.